The highest BCUT2D eigenvalue weighted by molar-refractivity contribution is 5.94. The van der Waals surface area contributed by atoms with E-state index in [0.29, 0.717) is 28.6 Å². The number of nitrogens with one attached hydrogen (secondary N) is 2. The molecule has 12 nitrogen and oxygen atoms in total. The average molecular weight is 421 g/mol. The van der Waals surface area contributed by atoms with E-state index in [1.807, 2.05) is 6.07 Å². The van der Waals surface area contributed by atoms with Crippen molar-refractivity contribution in [2.24, 2.45) is 14.1 Å². The lowest BCUT2D eigenvalue weighted by atomic mass is 10.1. The molecule has 0 saturated heterocycles. The Labute approximate surface area is 176 Å². The predicted octanol–water partition coefficient (Wildman–Crippen LogP) is 2.20. The summed E-state index contributed by atoms with van der Waals surface area (Å²) in [5, 5.41) is 24.1. The van der Waals surface area contributed by atoms with Gasteiger partial charge in [0.15, 0.2) is 23.2 Å². The van der Waals surface area contributed by atoms with Crippen LogP contribution in [0.25, 0.3) is 11.4 Å². The molecule has 4 rings (SSSR count). The fraction of sp³-hybridized carbons (Fsp3) is 0.158. The molecule has 12 heteroatoms. The average Bonchev–Trinajstić information content (AvgIpc) is 3.35. The van der Waals surface area contributed by atoms with E-state index in [4.69, 9.17) is 4.74 Å². The van der Waals surface area contributed by atoms with Gasteiger partial charge in [-0.15, -0.1) is 0 Å². The molecule has 0 unspecified atom stereocenters. The van der Waals surface area contributed by atoms with E-state index in [1.54, 1.807) is 54.2 Å². The van der Waals surface area contributed by atoms with Gasteiger partial charge in [0.25, 0.3) is 0 Å². The summed E-state index contributed by atoms with van der Waals surface area (Å²) in [5.41, 5.74) is 1.04. The zero-order valence-electron chi connectivity index (χ0n) is 16.9. The first-order valence-corrected chi connectivity index (χ1v) is 9.11. The van der Waals surface area contributed by atoms with Gasteiger partial charge in [-0.25, -0.2) is 14.8 Å². The van der Waals surface area contributed by atoms with Gasteiger partial charge in [-0.2, -0.15) is 15.2 Å². The van der Waals surface area contributed by atoms with E-state index >= 15 is 0 Å². The Morgan fingerprint density at radius 3 is 2.58 bits per heavy atom. The van der Waals surface area contributed by atoms with Gasteiger partial charge in [0.2, 0.25) is 5.95 Å². The standard InChI is InChI=1S/C19H19N9O3/c1-27-8-7-14(25-27)23-19-20-9-12(18(29)30)17(24-19)22-13-6-4-5-11(15(13)31-3)16-21-10-28(2)26-16/h4-10H,1-3H3,(H,29,30)(H2,20,22,23,24,25). The number of aromatic carboxylic acids is 1. The molecule has 3 aromatic heterocycles. The van der Waals surface area contributed by atoms with Crippen LogP contribution in [0.2, 0.25) is 0 Å². The molecule has 0 saturated carbocycles. The van der Waals surface area contributed by atoms with Crippen LogP contribution in [0, 0.1) is 0 Å². The molecular weight excluding hydrogens is 402 g/mol. The molecular formula is C19H19N9O3. The molecule has 0 aliphatic rings. The van der Waals surface area contributed by atoms with Crippen LogP contribution in [-0.2, 0) is 14.1 Å². The third-order valence-electron chi connectivity index (χ3n) is 4.29. The Kier molecular flexibility index (Phi) is 5.18. The molecule has 0 aliphatic heterocycles. The number of carboxylic acid groups (broad SMARTS) is 1. The summed E-state index contributed by atoms with van der Waals surface area (Å²) in [5.74, 6) is 0.549. The summed E-state index contributed by atoms with van der Waals surface area (Å²) in [4.78, 5) is 24.4. The molecule has 1 aromatic carbocycles. The molecule has 3 heterocycles. The summed E-state index contributed by atoms with van der Waals surface area (Å²) >= 11 is 0. The highest BCUT2D eigenvalue weighted by Crippen LogP contribution is 2.36. The second-order valence-electron chi connectivity index (χ2n) is 6.51. The Bertz CT molecular complexity index is 1250. The van der Waals surface area contributed by atoms with Gasteiger partial charge < -0.3 is 20.5 Å². The summed E-state index contributed by atoms with van der Waals surface area (Å²) in [7, 11) is 5.06. The quantitative estimate of drug-likeness (QED) is 0.406. The monoisotopic (exact) mass is 421 g/mol. The maximum absolute atomic E-state index is 11.7. The number of ether oxygens (including phenoxy) is 1. The molecule has 0 spiro atoms. The third-order valence-corrected chi connectivity index (χ3v) is 4.29. The van der Waals surface area contributed by atoms with E-state index < -0.39 is 5.97 Å². The molecule has 0 atom stereocenters. The zero-order chi connectivity index (χ0) is 22.0. The maximum Gasteiger partial charge on any atom is 0.341 e. The van der Waals surface area contributed by atoms with Crippen LogP contribution in [0.3, 0.4) is 0 Å². The first-order chi connectivity index (χ1) is 14.9. The number of anilines is 4. The molecule has 3 N–H and O–H groups in total. The topological polar surface area (TPSA) is 145 Å². The van der Waals surface area contributed by atoms with Crippen LogP contribution in [0.5, 0.6) is 5.75 Å². The van der Waals surface area contributed by atoms with Gasteiger partial charge >= 0.3 is 5.97 Å². The Morgan fingerprint density at radius 2 is 1.94 bits per heavy atom. The summed E-state index contributed by atoms with van der Waals surface area (Å²) in [6.07, 6.45) is 4.56. The first kappa shape index (κ1) is 19.8. The van der Waals surface area contributed by atoms with Crippen LogP contribution >= 0.6 is 0 Å². The Hall–Kier alpha value is -4.48. The zero-order valence-corrected chi connectivity index (χ0v) is 16.9. The van der Waals surface area contributed by atoms with Crippen molar-refractivity contribution in [3.8, 4) is 17.1 Å². The van der Waals surface area contributed by atoms with Gasteiger partial charge in [0.05, 0.1) is 18.4 Å². The van der Waals surface area contributed by atoms with Crippen LogP contribution in [0.4, 0.5) is 23.3 Å². The van der Waals surface area contributed by atoms with Crippen LogP contribution in [-0.4, -0.2) is 52.7 Å². The van der Waals surface area contributed by atoms with Crippen molar-refractivity contribution < 1.29 is 14.6 Å². The van der Waals surface area contributed by atoms with Gasteiger partial charge in [0, 0.05) is 32.6 Å². The number of para-hydroxylation sites is 1. The fourth-order valence-corrected chi connectivity index (χ4v) is 2.91. The molecule has 4 aromatic rings. The largest absolute Gasteiger partial charge is 0.494 e. The SMILES string of the molecule is COc1c(Nc2nc(Nc3ccn(C)n3)ncc2C(=O)O)cccc1-c1ncn(C)n1. The van der Waals surface area contributed by atoms with Crippen LogP contribution < -0.4 is 15.4 Å². The minimum Gasteiger partial charge on any atom is -0.494 e. The molecule has 158 valence electrons. The third kappa shape index (κ3) is 4.12. The van der Waals surface area contributed by atoms with Gasteiger partial charge in [-0.1, -0.05) is 6.07 Å². The van der Waals surface area contributed by atoms with Crippen molar-refractivity contribution in [3.63, 3.8) is 0 Å². The lowest BCUT2D eigenvalue weighted by molar-refractivity contribution is 0.0697. The highest BCUT2D eigenvalue weighted by Gasteiger charge is 2.19. The fourth-order valence-electron chi connectivity index (χ4n) is 2.91. The number of carboxylic acids is 1. The van der Waals surface area contributed by atoms with E-state index in [1.165, 1.54) is 13.3 Å². The maximum atomic E-state index is 11.7. The number of aryl methyl sites for hydroxylation is 2. The van der Waals surface area contributed by atoms with Crippen molar-refractivity contribution in [3.05, 3.63) is 48.5 Å². The highest BCUT2D eigenvalue weighted by atomic mass is 16.5. The normalized spacial score (nSPS) is 10.7. The predicted molar refractivity (Wildman–Crippen MR) is 112 cm³/mol. The Balaban J connectivity index is 1.72. The molecule has 0 radical (unpaired) electrons. The van der Waals surface area contributed by atoms with E-state index in [0.717, 1.165) is 0 Å². The minimum absolute atomic E-state index is 0.0883. The molecule has 0 fully saturated rings. The van der Waals surface area contributed by atoms with Gasteiger partial charge in [0.1, 0.15) is 11.9 Å². The van der Waals surface area contributed by atoms with Gasteiger partial charge in [-0.3, -0.25) is 9.36 Å². The number of benzene rings is 1. The summed E-state index contributed by atoms with van der Waals surface area (Å²) in [6.45, 7) is 0. The number of hydrogen-bond acceptors (Lipinski definition) is 9. The van der Waals surface area contributed by atoms with Crippen LogP contribution in [0.15, 0.2) is 43.0 Å². The van der Waals surface area contributed by atoms with E-state index in [-0.39, 0.29) is 17.3 Å². The summed E-state index contributed by atoms with van der Waals surface area (Å²) < 4.78 is 8.77. The lowest BCUT2D eigenvalue weighted by Crippen LogP contribution is -2.09. The number of rotatable bonds is 7. The number of carbonyl (C=O) groups is 1. The van der Waals surface area contributed by atoms with Crippen molar-refractivity contribution in [2.75, 3.05) is 17.7 Å². The van der Waals surface area contributed by atoms with Crippen molar-refractivity contribution in [1.82, 2.24) is 34.5 Å². The Morgan fingerprint density at radius 1 is 1.10 bits per heavy atom. The first-order valence-electron chi connectivity index (χ1n) is 9.11. The minimum atomic E-state index is -1.17. The second-order valence-corrected chi connectivity index (χ2v) is 6.51. The number of aromatic nitrogens is 7. The summed E-state index contributed by atoms with van der Waals surface area (Å²) in [6, 6.07) is 7.08. The second kappa shape index (κ2) is 8.10. The smallest absolute Gasteiger partial charge is 0.341 e. The van der Waals surface area contributed by atoms with E-state index in [9.17, 15) is 9.90 Å². The molecule has 31 heavy (non-hydrogen) atoms. The van der Waals surface area contributed by atoms with Crippen molar-refractivity contribution >= 4 is 29.2 Å². The van der Waals surface area contributed by atoms with E-state index in [2.05, 4.69) is 35.8 Å². The number of hydrogen-bond donors (Lipinski definition) is 3. The van der Waals surface area contributed by atoms with Crippen molar-refractivity contribution in [1.29, 1.82) is 0 Å². The number of methoxy groups -OCH3 is 1. The lowest BCUT2D eigenvalue weighted by Gasteiger charge is -2.15. The van der Waals surface area contributed by atoms with Crippen molar-refractivity contribution in [2.45, 2.75) is 0 Å². The molecule has 0 amide bonds. The van der Waals surface area contributed by atoms with Gasteiger partial charge in [-0.05, 0) is 12.1 Å². The molecule has 0 aliphatic carbocycles. The molecule has 0 bridgehead atoms. The van der Waals surface area contributed by atoms with Crippen LogP contribution in [0.1, 0.15) is 10.4 Å². The number of nitrogens with zero attached hydrogens (tertiary/aromatic N) is 7.